The number of pyridine rings is 2. The van der Waals surface area contributed by atoms with Crippen LogP contribution in [0.4, 0.5) is 4.79 Å². The molecular weight excluding hydrogens is 302 g/mol. The summed E-state index contributed by atoms with van der Waals surface area (Å²) in [7, 11) is 0. The van der Waals surface area contributed by atoms with Gasteiger partial charge in [0.15, 0.2) is 0 Å². The van der Waals surface area contributed by atoms with Crippen molar-refractivity contribution in [1.29, 1.82) is 0 Å². The maximum Gasteiger partial charge on any atom is 0.405 e. The van der Waals surface area contributed by atoms with E-state index in [2.05, 4.69) is 9.97 Å². The molecule has 2 aromatic rings. The number of carbonyl (C=O) groups excluding carboxylic acids is 1. The second-order valence-corrected chi connectivity index (χ2v) is 5.69. The summed E-state index contributed by atoms with van der Waals surface area (Å²) in [5.74, 6) is 0. The van der Waals surface area contributed by atoms with E-state index in [1.165, 1.54) is 0 Å². The number of amides is 1. The van der Waals surface area contributed by atoms with E-state index in [-0.39, 0.29) is 6.10 Å². The van der Waals surface area contributed by atoms with Gasteiger partial charge in [-0.05, 0) is 49.4 Å². The number of nitrogens with two attached hydrogens (primary N) is 1. The number of hydrogen-bond donors (Lipinski definition) is 1. The van der Waals surface area contributed by atoms with Crippen molar-refractivity contribution in [3.05, 3.63) is 46.9 Å². The summed E-state index contributed by atoms with van der Waals surface area (Å²) in [5, 5.41) is 0.434. The summed E-state index contributed by atoms with van der Waals surface area (Å²) in [6.45, 7) is 0. The predicted octanol–water partition coefficient (Wildman–Crippen LogP) is 3.66. The Hall–Kier alpha value is -2.14. The van der Waals surface area contributed by atoms with E-state index in [1.807, 2.05) is 12.1 Å². The van der Waals surface area contributed by atoms with Crippen LogP contribution in [-0.2, 0) is 11.2 Å². The van der Waals surface area contributed by atoms with E-state index >= 15 is 0 Å². The molecular formula is C16H16ClN3O2. The van der Waals surface area contributed by atoms with Crippen LogP contribution in [0.5, 0.6) is 0 Å². The van der Waals surface area contributed by atoms with Crippen LogP contribution in [0, 0.1) is 0 Å². The molecule has 22 heavy (non-hydrogen) atoms. The average molecular weight is 318 g/mol. The summed E-state index contributed by atoms with van der Waals surface area (Å²) >= 11 is 5.93. The zero-order valence-corrected chi connectivity index (χ0v) is 12.7. The van der Waals surface area contributed by atoms with Gasteiger partial charge in [0.2, 0.25) is 0 Å². The summed E-state index contributed by atoms with van der Waals surface area (Å²) in [6.07, 6.45) is 6.12. The average Bonchev–Trinajstić information content (AvgIpc) is 2.69. The molecule has 2 N–H and O–H groups in total. The van der Waals surface area contributed by atoms with Crippen LogP contribution >= 0.6 is 11.6 Å². The van der Waals surface area contributed by atoms with Crippen LogP contribution in [0.1, 0.15) is 36.5 Å². The van der Waals surface area contributed by atoms with E-state index < -0.39 is 6.09 Å². The number of carbonyl (C=O) groups is 1. The van der Waals surface area contributed by atoms with Gasteiger partial charge in [0.25, 0.3) is 0 Å². The monoisotopic (exact) mass is 317 g/mol. The first-order valence-electron chi connectivity index (χ1n) is 7.20. The highest BCUT2D eigenvalue weighted by molar-refractivity contribution is 6.29. The third-order valence-electron chi connectivity index (χ3n) is 3.81. The van der Waals surface area contributed by atoms with Crippen LogP contribution in [0.2, 0.25) is 5.15 Å². The summed E-state index contributed by atoms with van der Waals surface area (Å²) in [5.41, 5.74) is 9.00. The summed E-state index contributed by atoms with van der Waals surface area (Å²) < 4.78 is 5.23. The van der Waals surface area contributed by atoms with Gasteiger partial charge in [0.05, 0.1) is 5.69 Å². The minimum atomic E-state index is -0.747. The number of aromatic nitrogens is 2. The van der Waals surface area contributed by atoms with Crippen LogP contribution < -0.4 is 5.73 Å². The normalized spacial score (nSPS) is 17.4. The Morgan fingerprint density at radius 3 is 2.95 bits per heavy atom. The second-order valence-electron chi connectivity index (χ2n) is 5.31. The van der Waals surface area contributed by atoms with Crippen molar-refractivity contribution in [3.63, 3.8) is 0 Å². The smallest absolute Gasteiger partial charge is 0.405 e. The lowest BCUT2D eigenvalue weighted by Gasteiger charge is -2.17. The highest BCUT2D eigenvalue weighted by Crippen LogP contribution is 2.33. The maximum absolute atomic E-state index is 11.1. The van der Waals surface area contributed by atoms with Crippen molar-refractivity contribution < 1.29 is 9.53 Å². The number of aryl methyl sites for hydroxylation is 1. The molecule has 1 aliphatic carbocycles. The molecule has 1 unspecified atom stereocenters. The largest absolute Gasteiger partial charge is 0.441 e. The van der Waals surface area contributed by atoms with Gasteiger partial charge < -0.3 is 10.5 Å². The van der Waals surface area contributed by atoms with Gasteiger partial charge in [-0.3, -0.25) is 4.98 Å². The second kappa shape index (κ2) is 6.32. The number of halogens is 1. The fourth-order valence-corrected chi connectivity index (χ4v) is 2.97. The number of rotatable bonds is 2. The Labute approximate surface area is 133 Å². The number of ether oxygens (including phenoxy) is 1. The van der Waals surface area contributed by atoms with E-state index in [4.69, 9.17) is 22.1 Å². The molecule has 3 rings (SSSR count). The van der Waals surface area contributed by atoms with Crippen molar-refractivity contribution >= 4 is 17.7 Å². The molecule has 1 amide bonds. The molecule has 0 saturated carbocycles. The van der Waals surface area contributed by atoms with Gasteiger partial charge in [0.1, 0.15) is 11.3 Å². The molecule has 0 spiro atoms. The number of primary amides is 1. The lowest BCUT2D eigenvalue weighted by Crippen LogP contribution is -2.17. The number of fused-ring (bicyclic) bond motifs is 1. The van der Waals surface area contributed by atoms with Crippen molar-refractivity contribution in [2.75, 3.05) is 0 Å². The third-order valence-corrected chi connectivity index (χ3v) is 4.02. The Kier molecular flexibility index (Phi) is 4.24. The highest BCUT2D eigenvalue weighted by atomic mass is 35.5. The van der Waals surface area contributed by atoms with Gasteiger partial charge in [-0.15, -0.1) is 0 Å². The molecule has 5 nitrogen and oxygen atoms in total. The van der Waals surface area contributed by atoms with Gasteiger partial charge in [0, 0.05) is 23.5 Å². The van der Waals surface area contributed by atoms with Crippen LogP contribution in [0.3, 0.4) is 0 Å². The molecule has 0 bridgehead atoms. The summed E-state index contributed by atoms with van der Waals surface area (Å²) in [6, 6.07) is 5.68. The quantitative estimate of drug-likeness (QED) is 0.677. The molecule has 6 heteroatoms. The van der Waals surface area contributed by atoms with E-state index in [9.17, 15) is 4.79 Å². The molecule has 1 atom stereocenters. The maximum atomic E-state index is 11.1. The molecule has 1 aliphatic rings. The first-order valence-corrected chi connectivity index (χ1v) is 7.58. The Balaban J connectivity index is 1.98. The fraction of sp³-hybridized carbons (Fsp3) is 0.312. The molecule has 0 radical (unpaired) electrons. The van der Waals surface area contributed by atoms with Gasteiger partial charge >= 0.3 is 6.09 Å². The van der Waals surface area contributed by atoms with Crippen molar-refractivity contribution in [3.8, 4) is 11.3 Å². The number of nitrogens with zero attached hydrogens (tertiary/aromatic N) is 2. The minimum absolute atomic E-state index is 0.308. The lowest BCUT2D eigenvalue weighted by molar-refractivity contribution is 0.101. The first-order chi connectivity index (χ1) is 10.6. The standard InChI is InChI=1S/C16H16ClN3O2/c17-15-8-11(5-6-19-15)13-7-10-3-1-2-4-14(22-16(18)21)12(10)9-20-13/h5-9,14H,1-4H2,(H2,18,21). The van der Waals surface area contributed by atoms with Crippen molar-refractivity contribution in [2.24, 2.45) is 5.73 Å². The number of hydrogen-bond acceptors (Lipinski definition) is 4. The van der Waals surface area contributed by atoms with E-state index in [0.29, 0.717) is 5.15 Å². The molecule has 0 aliphatic heterocycles. The molecule has 2 aromatic heterocycles. The Bertz CT molecular complexity index is 706. The zero-order chi connectivity index (χ0) is 15.5. The lowest BCUT2D eigenvalue weighted by atomic mass is 10.0. The third kappa shape index (κ3) is 3.20. The SMILES string of the molecule is NC(=O)OC1CCCCc2cc(-c3ccnc(Cl)c3)ncc21. The molecule has 0 fully saturated rings. The van der Waals surface area contributed by atoms with Gasteiger partial charge in [-0.1, -0.05) is 11.6 Å². The van der Waals surface area contributed by atoms with E-state index in [0.717, 1.165) is 48.1 Å². The van der Waals surface area contributed by atoms with Crippen LogP contribution in [0.15, 0.2) is 30.6 Å². The minimum Gasteiger partial charge on any atom is -0.441 e. The van der Waals surface area contributed by atoms with E-state index in [1.54, 1.807) is 18.5 Å². The fourth-order valence-electron chi connectivity index (χ4n) is 2.80. The van der Waals surface area contributed by atoms with Crippen LogP contribution in [0.25, 0.3) is 11.3 Å². The Morgan fingerprint density at radius 1 is 1.32 bits per heavy atom. The van der Waals surface area contributed by atoms with Crippen LogP contribution in [-0.4, -0.2) is 16.1 Å². The molecule has 114 valence electrons. The zero-order valence-electron chi connectivity index (χ0n) is 12.0. The summed E-state index contributed by atoms with van der Waals surface area (Å²) in [4.78, 5) is 19.5. The van der Waals surface area contributed by atoms with Crippen molar-refractivity contribution in [2.45, 2.75) is 31.8 Å². The Morgan fingerprint density at radius 2 is 2.18 bits per heavy atom. The first kappa shape index (κ1) is 14.8. The van der Waals surface area contributed by atoms with Gasteiger partial charge in [-0.25, -0.2) is 9.78 Å². The topological polar surface area (TPSA) is 78.1 Å². The molecule has 0 aromatic carbocycles. The van der Waals surface area contributed by atoms with Gasteiger partial charge in [-0.2, -0.15) is 0 Å². The highest BCUT2D eigenvalue weighted by Gasteiger charge is 2.22. The molecule has 2 heterocycles. The van der Waals surface area contributed by atoms with Crippen molar-refractivity contribution in [1.82, 2.24) is 9.97 Å². The predicted molar refractivity (Wildman–Crippen MR) is 83.4 cm³/mol. The molecule has 0 saturated heterocycles.